The first-order chi connectivity index (χ1) is 13.7. The van der Waals surface area contributed by atoms with Gasteiger partial charge < -0.3 is 15.2 Å². The van der Waals surface area contributed by atoms with Gasteiger partial charge in [0.15, 0.2) is 5.82 Å². The number of nitrogens with two attached hydrogens (primary N) is 1. The van der Waals surface area contributed by atoms with Crippen LogP contribution < -0.4 is 16.3 Å². The number of nitrogens with one attached hydrogen (secondary N) is 1. The fraction of sp³-hybridized carbons (Fsp3) is 0.100. The largest absolute Gasteiger partial charge is 0.364 e. The lowest BCUT2D eigenvalue weighted by molar-refractivity contribution is 0.0997. The van der Waals surface area contributed by atoms with Crippen molar-refractivity contribution in [3.05, 3.63) is 64.1 Å². The zero-order valence-corrected chi connectivity index (χ0v) is 17.1. The molecular weight excluding hydrogens is 416 g/mol. The Hall–Kier alpha value is -2.91. The van der Waals surface area contributed by atoms with Gasteiger partial charge in [-0.15, -0.1) is 0 Å². The van der Waals surface area contributed by atoms with Crippen LogP contribution in [0.3, 0.4) is 0 Å². The SMILES string of the molecule is CO[P@](=O)(c1cc(C)cc(C=CC#N)c1)c1c(C(N)=O)[nH]c2ccc(Cl)c(F)c12. The highest BCUT2D eigenvalue weighted by molar-refractivity contribution is 7.75. The van der Waals surface area contributed by atoms with Crippen molar-refractivity contribution in [2.24, 2.45) is 5.73 Å². The predicted octanol–water partition coefficient (Wildman–Crippen LogP) is 3.78. The van der Waals surface area contributed by atoms with Crippen LogP contribution in [-0.4, -0.2) is 18.0 Å². The number of amides is 1. The van der Waals surface area contributed by atoms with Crippen LogP contribution in [0, 0.1) is 24.1 Å². The van der Waals surface area contributed by atoms with Gasteiger partial charge in [-0.3, -0.25) is 9.36 Å². The molecule has 0 saturated carbocycles. The van der Waals surface area contributed by atoms with Gasteiger partial charge >= 0.3 is 0 Å². The number of aromatic nitrogens is 1. The van der Waals surface area contributed by atoms with E-state index in [-0.39, 0.29) is 32.2 Å². The van der Waals surface area contributed by atoms with E-state index in [4.69, 9.17) is 27.1 Å². The molecule has 1 atom stereocenters. The van der Waals surface area contributed by atoms with Crippen LogP contribution in [0.4, 0.5) is 4.39 Å². The molecule has 3 N–H and O–H groups in total. The fourth-order valence-corrected chi connectivity index (χ4v) is 5.67. The summed E-state index contributed by atoms with van der Waals surface area (Å²) in [6.45, 7) is 1.77. The Morgan fingerprint density at radius 1 is 1.38 bits per heavy atom. The maximum absolute atomic E-state index is 14.9. The number of fused-ring (bicyclic) bond motifs is 1. The highest BCUT2D eigenvalue weighted by atomic mass is 35.5. The average molecular weight is 432 g/mol. The first-order valence-electron chi connectivity index (χ1n) is 8.37. The van der Waals surface area contributed by atoms with Gasteiger partial charge in [-0.25, -0.2) is 4.39 Å². The van der Waals surface area contributed by atoms with E-state index in [0.29, 0.717) is 5.56 Å². The summed E-state index contributed by atoms with van der Waals surface area (Å²) in [6, 6.07) is 9.61. The molecule has 0 radical (unpaired) electrons. The molecular formula is C20H16ClFN3O3P. The van der Waals surface area contributed by atoms with Crippen molar-refractivity contribution in [3.8, 4) is 6.07 Å². The van der Waals surface area contributed by atoms with Gasteiger partial charge in [0.05, 0.1) is 21.8 Å². The number of carbonyl (C=O) groups is 1. The number of primary amides is 1. The number of aryl methyl sites for hydroxylation is 1. The van der Waals surface area contributed by atoms with Crippen molar-refractivity contribution < 1.29 is 18.3 Å². The number of rotatable bonds is 5. The maximum atomic E-state index is 14.9. The minimum atomic E-state index is -3.97. The molecule has 0 unspecified atom stereocenters. The molecule has 0 aliphatic heterocycles. The van der Waals surface area contributed by atoms with E-state index in [2.05, 4.69) is 4.98 Å². The molecule has 0 aliphatic carbocycles. The first kappa shape index (κ1) is 20.8. The molecule has 9 heteroatoms. The third-order valence-electron chi connectivity index (χ3n) is 4.40. The summed E-state index contributed by atoms with van der Waals surface area (Å²) in [5.41, 5.74) is 6.79. The minimum Gasteiger partial charge on any atom is -0.364 e. The molecule has 3 aromatic rings. The number of halogens is 2. The molecule has 148 valence electrons. The van der Waals surface area contributed by atoms with Gasteiger partial charge in [0.2, 0.25) is 0 Å². The molecule has 0 fully saturated rings. The fourth-order valence-electron chi connectivity index (χ4n) is 3.20. The van der Waals surface area contributed by atoms with E-state index < -0.39 is 19.1 Å². The molecule has 29 heavy (non-hydrogen) atoms. The van der Waals surface area contributed by atoms with Crippen LogP contribution >= 0.6 is 19.0 Å². The van der Waals surface area contributed by atoms with Crippen molar-refractivity contribution in [2.45, 2.75) is 6.92 Å². The second-order valence-electron chi connectivity index (χ2n) is 6.30. The Bertz CT molecular complexity index is 1260. The topological polar surface area (TPSA) is 109 Å². The highest BCUT2D eigenvalue weighted by Gasteiger charge is 2.37. The summed E-state index contributed by atoms with van der Waals surface area (Å²) < 4.78 is 34.4. The lowest BCUT2D eigenvalue weighted by Crippen LogP contribution is -2.26. The smallest absolute Gasteiger partial charge is 0.266 e. The lowest BCUT2D eigenvalue weighted by atomic mass is 10.1. The molecule has 0 spiro atoms. The molecule has 2 aromatic carbocycles. The molecule has 1 heterocycles. The molecule has 1 aromatic heterocycles. The van der Waals surface area contributed by atoms with Crippen molar-refractivity contribution in [1.82, 2.24) is 4.98 Å². The van der Waals surface area contributed by atoms with Gasteiger partial charge in [-0.1, -0.05) is 17.7 Å². The Kier molecular flexibility index (Phi) is 5.63. The Balaban J connectivity index is 2.42. The van der Waals surface area contributed by atoms with Crippen LogP contribution in [0.5, 0.6) is 0 Å². The number of nitriles is 1. The van der Waals surface area contributed by atoms with Gasteiger partial charge in [-0.05, 0) is 48.4 Å². The third-order valence-corrected chi connectivity index (χ3v) is 7.18. The monoisotopic (exact) mass is 431 g/mol. The Morgan fingerprint density at radius 2 is 2.10 bits per heavy atom. The number of allylic oxidation sites excluding steroid dienone is 1. The zero-order valence-electron chi connectivity index (χ0n) is 15.5. The standard InChI is InChI=1S/C20H16ClFN3O3P/c1-11-8-12(4-3-7-23)10-13(9-11)29(27,28-2)19-16-15(25-18(19)20(24)26)6-5-14(21)17(16)22/h3-6,8-10,25H,1-2H3,(H2,24,26)/t29-/m1/s1. The van der Waals surface area contributed by atoms with Crippen LogP contribution in [0.15, 0.2) is 36.4 Å². The number of H-pyrrole nitrogens is 1. The van der Waals surface area contributed by atoms with Crippen molar-refractivity contribution in [2.75, 3.05) is 7.11 Å². The number of hydrogen-bond donors (Lipinski definition) is 2. The minimum absolute atomic E-state index is 0.118. The maximum Gasteiger partial charge on any atom is 0.266 e. The Morgan fingerprint density at radius 3 is 2.72 bits per heavy atom. The van der Waals surface area contributed by atoms with E-state index in [9.17, 15) is 13.8 Å². The molecule has 0 bridgehead atoms. The summed E-state index contributed by atoms with van der Waals surface area (Å²) in [5, 5.41) is 8.50. The summed E-state index contributed by atoms with van der Waals surface area (Å²) >= 11 is 5.92. The number of aromatic amines is 1. The van der Waals surface area contributed by atoms with Gasteiger partial charge in [-0.2, -0.15) is 5.26 Å². The van der Waals surface area contributed by atoms with E-state index in [1.807, 2.05) is 6.07 Å². The number of benzene rings is 2. The lowest BCUT2D eigenvalue weighted by Gasteiger charge is -2.19. The van der Waals surface area contributed by atoms with Crippen LogP contribution in [0.25, 0.3) is 17.0 Å². The van der Waals surface area contributed by atoms with E-state index in [1.165, 1.54) is 31.4 Å². The molecule has 6 nitrogen and oxygen atoms in total. The first-order valence-corrected chi connectivity index (χ1v) is 10.4. The van der Waals surface area contributed by atoms with E-state index in [1.54, 1.807) is 25.1 Å². The average Bonchev–Trinajstić information content (AvgIpc) is 3.09. The second-order valence-corrected chi connectivity index (χ2v) is 9.13. The van der Waals surface area contributed by atoms with Gasteiger partial charge in [0.25, 0.3) is 13.3 Å². The van der Waals surface area contributed by atoms with Crippen LogP contribution in [0.2, 0.25) is 5.02 Å². The van der Waals surface area contributed by atoms with Gasteiger partial charge in [0.1, 0.15) is 5.69 Å². The second kappa shape index (κ2) is 7.84. The zero-order chi connectivity index (χ0) is 21.3. The summed E-state index contributed by atoms with van der Waals surface area (Å²) in [5.74, 6) is -1.75. The van der Waals surface area contributed by atoms with Crippen LogP contribution in [0.1, 0.15) is 21.6 Å². The Labute approximate surface area is 171 Å². The summed E-state index contributed by atoms with van der Waals surface area (Å²) in [7, 11) is -2.77. The van der Waals surface area contributed by atoms with Crippen molar-refractivity contribution in [1.29, 1.82) is 5.26 Å². The summed E-state index contributed by atoms with van der Waals surface area (Å²) in [4.78, 5) is 14.8. The van der Waals surface area contributed by atoms with Crippen molar-refractivity contribution >= 4 is 52.5 Å². The van der Waals surface area contributed by atoms with E-state index in [0.717, 1.165) is 5.56 Å². The number of hydrogen-bond acceptors (Lipinski definition) is 4. The summed E-state index contributed by atoms with van der Waals surface area (Å²) in [6.07, 6.45) is 2.81. The van der Waals surface area contributed by atoms with Crippen LogP contribution in [-0.2, 0) is 9.09 Å². The number of carbonyl (C=O) groups excluding carboxylic acids is 1. The van der Waals surface area contributed by atoms with E-state index >= 15 is 0 Å². The number of nitrogens with zero attached hydrogens (tertiary/aromatic N) is 1. The predicted molar refractivity (Wildman–Crippen MR) is 111 cm³/mol. The van der Waals surface area contributed by atoms with Crippen molar-refractivity contribution in [3.63, 3.8) is 0 Å². The van der Waals surface area contributed by atoms with Gasteiger partial charge in [0, 0.05) is 24.0 Å². The normalized spacial score (nSPS) is 13.5. The molecule has 0 aliphatic rings. The highest BCUT2D eigenvalue weighted by Crippen LogP contribution is 2.48. The molecule has 0 saturated heterocycles. The molecule has 1 amide bonds. The quantitative estimate of drug-likeness (QED) is 0.473. The molecule has 3 rings (SSSR count). The third kappa shape index (κ3) is 3.58.